The number of para-hydroxylation sites is 1. The molecule has 0 aliphatic heterocycles. The Bertz CT molecular complexity index is 1990. The summed E-state index contributed by atoms with van der Waals surface area (Å²) >= 11 is 0. The number of furan rings is 1. The number of amides is 2. The van der Waals surface area contributed by atoms with Gasteiger partial charge in [-0.05, 0) is 81.3 Å². The minimum Gasteiger partial charge on any atom is -0.469 e. The second-order valence-electron chi connectivity index (χ2n) is 13.6. The first-order chi connectivity index (χ1) is 26.2. The molecule has 13 heteroatoms. The number of carbonyl (C=O) groups excluding carboxylic acids is 5. The number of ether oxygens (including phenoxy) is 5. The van der Waals surface area contributed by atoms with E-state index in [2.05, 4.69) is 5.32 Å². The zero-order chi connectivity index (χ0) is 40.1. The van der Waals surface area contributed by atoms with Gasteiger partial charge < -0.3 is 38.3 Å². The molecule has 0 saturated carbocycles. The van der Waals surface area contributed by atoms with Crippen LogP contribution in [0.5, 0.6) is 0 Å². The number of carbonyl (C=O) groups is 5. The summed E-state index contributed by atoms with van der Waals surface area (Å²) < 4.78 is 32.8. The zero-order valence-electron chi connectivity index (χ0n) is 32.2. The normalized spacial score (nSPS) is 12.9. The van der Waals surface area contributed by atoms with E-state index in [0.717, 1.165) is 10.8 Å². The zero-order valence-corrected chi connectivity index (χ0v) is 32.2. The van der Waals surface area contributed by atoms with E-state index in [1.54, 1.807) is 65.0 Å². The van der Waals surface area contributed by atoms with Crippen LogP contribution in [0.3, 0.4) is 0 Å². The molecule has 55 heavy (non-hydrogen) atoms. The third-order valence-corrected chi connectivity index (χ3v) is 8.40. The van der Waals surface area contributed by atoms with Gasteiger partial charge in [-0.1, -0.05) is 54.6 Å². The Morgan fingerprint density at radius 3 is 2.20 bits per heavy atom. The lowest BCUT2D eigenvalue weighted by Gasteiger charge is -2.34. The second kappa shape index (κ2) is 19.4. The van der Waals surface area contributed by atoms with Gasteiger partial charge in [0.15, 0.2) is 18.3 Å². The Kier molecular flexibility index (Phi) is 14.7. The lowest BCUT2D eigenvalue weighted by atomic mass is 9.93. The molecule has 0 aliphatic carbocycles. The summed E-state index contributed by atoms with van der Waals surface area (Å²) in [5, 5.41) is 4.64. The number of hydrogen-bond acceptors (Lipinski definition) is 11. The smallest absolute Gasteiger partial charge is 0.338 e. The molecule has 0 radical (unpaired) electrons. The van der Waals surface area contributed by atoms with E-state index in [1.807, 2.05) is 48.5 Å². The van der Waals surface area contributed by atoms with Crippen molar-refractivity contribution in [1.29, 1.82) is 0 Å². The lowest BCUT2D eigenvalue weighted by molar-refractivity contribution is -0.155. The molecule has 13 nitrogen and oxygen atoms in total. The minimum atomic E-state index is -1.05. The predicted molar refractivity (Wildman–Crippen MR) is 203 cm³/mol. The number of fused-ring (bicyclic) bond motifs is 1. The quantitative estimate of drug-likeness (QED) is 0.0406. The number of anilines is 1. The van der Waals surface area contributed by atoms with Gasteiger partial charge in [-0.3, -0.25) is 19.2 Å². The van der Waals surface area contributed by atoms with Crippen LogP contribution < -0.4 is 5.32 Å². The van der Waals surface area contributed by atoms with Crippen LogP contribution >= 0.6 is 0 Å². The Morgan fingerprint density at radius 1 is 0.855 bits per heavy atom. The van der Waals surface area contributed by atoms with Crippen molar-refractivity contribution in [3.63, 3.8) is 0 Å². The Labute approximate surface area is 320 Å². The molecular weight excluding hydrogens is 708 g/mol. The molecule has 0 saturated heterocycles. The molecule has 4 aromatic rings. The number of hydrogen-bond donors (Lipinski definition) is 1. The molecule has 0 aliphatic rings. The van der Waals surface area contributed by atoms with Crippen molar-refractivity contribution < 1.29 is 52.1 Å². The van der Waals surface area contributed by atoms with Gasteiger partial charge in [-0.15, -0.1) is 0 Å². The van der Waals surface area contributed by atoms with Crippen molar-refractivity contribution in [3.05, 3.63) is 113 Å². The van der Waals surface area contributed by atoms with Crippen molar-refractivity contribution in [1.82, 2.24) is 4.90 Å². The predicted octanol–water partition coefficient (Wildman–Crippen LogP) is 6.60. The van der Waals surface area contributed by atoms with Gasteiger partial charge in [0, 0.05) is 31.8 Å². The highest BCUT2D eigenvalue weighted by Gasteiger charge is 2.38. The third-order valence-electron chi connectivity index (χ3n) is 8.40. The number of benzene rings is 3. The topological polar surface area (TPSA) is 160 Å². The van der Waals surface area contributed by atoms with Gasteiger partial charge in [0.25, 0.3) is 11.8 Å². The molecule has 3 aromatic carbocycles. The van der Waals surface area contributed by atoms with Crippen LogP contribution in [0.25, 0.3) is 10.8 Å². The first-order valence-corrected chi connectivity index (χ1v) is 17.8. The maximum atomic E-state index is 14.9. The molecule has 0 bridgehead atoms. The van der Waals surface area contributed by atoms with Crippen LogP contribution in [-0.4, -0.2) is 73.9 Å². The van der Waals surface area contributed by atoms with E-state index in [9.17, 15) is 24.0 Å². The van der Waals surface area contributed by atoms with Crippen LogP contribution in [0.1, 0.15) is 62.9 Å². The highest BCUT2D eigenvalue weighted by atomic mass is 16.7. The Morgan fingerprint density at radius 2 is 1.55 bits per heavy atom. The molecule has 2 unspecified atom stereocenters. The molecule has 2 amide bonds. The van der Waals surface area contributed by atoms with Crippen molar-refractivity contribution in [2.24, 2.45) is 5.92 Å². The molecule has 1 aromatic heterocycles. The molecule has 292 valence electrons. The first-order valence-electron chi connectivity index (χ1n) is 17.8. The summed E-state index contributed by atoms with van der Waals surface area (Å²) in [5.41, 5.74) is -0.0187. The van der Waals surface area contributed by atoms with Gasteiger partial charge in [0.05, 0.1) is 31.6 Å². The fraction of sp³-hybridized carbons (Fsp3) is 0.357. The number of rotatable bonds is 17. The third kappa shape index (κ3) is 11.8. The molecule has 2 atom stereocenters. The largest absolute Gasteiger partial charge is 0.469 e. The van der Waals surface area contributed by atoms with Crippen LogP contribution in [-0.2, 0) is 55.8 Å². The second-order valence-corrected chi connectivity index (χ2v) is 13.6. The molecule has 1 N–H and O–H groups in total. The van der Waals surface area contributed by atoms with Gasteiger partial charge in [0.2, 0.25) is 0 Å². The summed E-state index contributed by atoms with van der Waals surface area (Å²) in [6, 6.07) is 24.3. The number of nitrogens with zero attached hydrogens (tertiary/aromatic N) is 1. The average Bonchev–Trinajstić information content (AvgIpc) is 3.63. The van der Waals surface area contributed by atoms with E-state index < -0.39 is 66.3 Å². The summed E-state index contributed by atoms with van der Waals surface area (Å²) in [6.07, 6.45) is -0.728. The van der Waals surface area contributed by atoms with E-state index in [4.69, 9.17) is 28.1 Å². The standard InChI is InChI=1S/C42H48N2O11/c1-8-52-41(49)34(24-36(45)55-42(3,4)5)37(53-26-50-6)39(47)44(25-28-18-19-29-14-12-13-15-30(29)22-28)27(2)33(40(48)51-7)23-32-20-21-35(54-32)38(46)43-31-16-10-9-11-17-31/h9-22,27,33H,8,23-26H2,1-7H3,(H,43,46). The fourth-order valence-corrected chi connectivity index (χ4v) is 5.81. The summed E-state index contributed by atoms with van der Waals surface area (Å²) in [6.45, 7) is 7.66. The van der Waals surface area contributed by atoms with E-state index in [1.165, 1.54) is 25.2 Å². The lowest BCUT2D eigenvalue weighted by Crippen LogP contribution is -2.47. The van der Waals surface area contributed by atoms with Crippen LogP contribution in [0.4, 0.5) is 5.69 Å². The molecule has 0 spiro atoms. The first kappa shape index (κ1) is 41.8. The van der Waals surface area contributed by atoms with Gasteiger partial charge in [0.1, 0.15) is 11.4 Å². The minimum absolute atomic E-state index is 0.0126. The van der Waals surface area contributed by atoms with Crippen LogP contribution in [0.15, 0.2) is 101 Å². The number of esters is 3. The molecule has 1 heterocycles. The van der Waals surface area contributed by atoms with E-state index in [0.29, 0.717) is 11.3 Å². The number of methoxy groups -OCH3 is 2. The molecule has 0 fully saturated rings. The highest BCUT2D eigenvalue weighted by Crippen LogP contribution is 2.28. The van der Waals surface area contributed by atoms with Crippen LogP contribution in [0.2, 0.25) is 0 Å². The van der Waals surface area contributed by atoms with Crippen molar-refractivity contribution in [2.45, 2.75) is 65.6 Å². The van der Waals surface area contributed by atoms with Gasteiger partial charge in [-0.2, -0.15) is 0 Å². The fourth-order valence-electron chi connectivity index (χ4n) is 5.81. The van der Waals surface area contributed by atoms with Gasteiger partial charge in [-0.25, -0.2) is 4.79 Å². The Balaban J connectivity index is 1.79. The van der Waals surface area contributed by atoms with E-state index >= 15 is 0 Å². The molecule has 4 rings (SSSR count). The maximum Gasteiger partial charge on any atom is 0.338 e. The molecular formula is C42H48N2O11. The average molecular weight is 757 g/mol. The van der Waals surface area contributed by atoms with E-state index in [-0.39, 0.29) is 36.7 Å². The monoisotopic (exact) mass is 756 g/mol. The van der Waals surface area contributed by atoms with Crippen molar-refractivity contribution >= 4 is 46.2 Å². The van der Waals surface area contributed by atoms with Crippen molar-refractivity contribution in [3.8, 4) is 0 Å². The summed E-state index contributed by atoms with van der Waals surface area (Å²) in [7, 11) is 2.56. The van der Waals surface area contributed by atoms with Gasteiger partial charge >= 0.3 is 17.9 Å². The number of nitrogens with one attached hydrogen (secondary N) is 1. The SMILES string of the molecule is CCOC(=O)C(CC(=O)OC(C)(C)C)=C(OCOC)C(=O)N(Cc1ccc2ccccc2c1)C(C)C(Cc1ccc(C(=O)Nc2ccccc2)o1)C(=O)OC. The highest BCUT2D eigenvalue weighted by molar-refractivity contribution is 6.04. The maximum absolute atomic E-state index is 14.9. The van der Waals surface area contributed by atoms with Crippen molar-refractivity contribution in [2.75, 3.05) is 32.9 Å². The van der Waals surface area contributed by atoms with Crippen LogP contribution in [0, 0.1) is 5.92 Å². The Hall–Kier alpha value is -5.95. The summed E-state index contributed by atoms with van der Waals surface area (Å²) in [5.74, 6) is -5.03. The summed E-state index contributed by atoms with van der Waals surface area (Å²) in [4.78, 5) is 69.4.